The van der Waals surface area contributed by atoms with E-state index in [1.54, 1.807) is 36.5 Å². The summed E-state index contributed by atoms with van der Waals surface area (Å²) in [5.41, 5.74) is 5.51. The fourth-order valence-electron chi connectivity index (χ4n) is 5.75. The summed E-state index contributed by atoms with van der Waals surface area (Å²) in [6, 6.07) is 20.2. The molecule has 6 nitrogen and oxygen atoms in total. The van der Waals surface area contributed by atoms with E-state index in [-0.39, 0.29) is 28.4 Å². The molecular weight excluding hydrogens is 512 g/mol. The van der Waals surface area contributed by atoms with Crippen molar-refractivity contribution in [3.05, 3.63) is 106 Å². The van der Waals surface area contributed by atoms with E-state index in [2.05, 4.69) is 24.1 Å². The molecule has 1 aromatic heterocycles. The maximum absolute atomic E-state index is 13.7. The van der Waals surface area contributed by atoms with Gasteiger partial charge >= 0.3 is 5.97 Å². The average molecular weight is 539 g/mol. The first-order valence-corrected chi connectivity index (χ1v) is 13.2. The number of nitrogens with one attached hydrogen (secondary N) is 1. The van der Waals surface area contributed by atoms with Gasteiger partial charge in [0.15, 0.2) is 17.3 Å². The van der Waals surface area contributed by atoms with Crippen LogP contribution >= 0.6 is 11.6 Å². The van der Waals surface area contributed by atoms with Crippen LogP contribution in [0.4, 0.5) is 5.69 Å². The van der Waals surface area contributed by atoms with Crippen molar-refractivity contribution < 1.29 is 19.1 Å². The lowest BCUT2D eigenvalue weighted by Crippen LogP contribution is -2.34. The van der Waals surface area contributed by atoms with E-state index in [1.807, 2.05) is 36.4 Å². The number of methoxy groups -OCH3 is 1. The van der Waals surface area contributed by atoms with E-state index < -0.39 is 5.97 Å². The molecule has 1 aliphatic heterocycles. The molecule has 1 N–H and O–H groups in total. The molecule has 1 unspecified atom stereocenters. The second-order valence-corrected chi connectivity index (χ2v) is 11.2. The standard InChI is InChI=1S/C32H27ClN2O4/c1-32(2)16-24-30(25(36)17-32)28(29-20-8-6-14-34-22(20)11-12-23(29)35-24)18-10-13-26(27(15-18)38-3)39-31(37)19-7-4-5-9-21(19)33/h4-15,28,35H,16-17H2,1-3H3. The number of rotatable bonds is 4. The number of carbonyl (C=O) groups excluding carboxylic acids is 2. The van der Waals surface area contributed by atoms with Crippen molar-refractivity contribution in [2.24, 2.45) is 5.41 Å². The number of ketones is 1. The van der Waals surface area contributed by atoms with Crippen molar-refractivity contribution in [1.29, 1.82) is 0 Å². The van der Waals surface area contributed by atoms with Gasteiger partial charge in [-0.1, -0.05) is 49.7 Å². The Morgan fingerprint density at radius 2 is 1.85 bits per heavy atom. The van der Waals surface area contributed by atoms with Crippen molar-refractivity contribution in [3.63, 3.8) is 0 Å². The third-order valence-corrected chi connectivity index (χ3v) is 7.76. The van der Waals surface area contributed by atoms with Crippen LogP contribution in [0.5, 0.6) is 11.5 Å². The average Bonchev–Trinajstić information content (AvgIpc) is 2.91. The Bertz CT molecular complexity index is 1690. The van der Waals surface area contributed by atoms with E-state index in [1.165, 1.54) is 7.11 Å². The lowest BCUT2D eigenvalue weighted by Gasteiger charge is -2.40. The summed E-state index contributed by atoms with van der Waals surface area (Å²) < 4.78 is 11.4. The Morgan fingerprint density at radius 1 is 1.03 bits per heavy atom. The number of benzene rings is 3. The SMILES string of the molecule is COc1cc(C2C3=C(CC(C)(C)CC3=O)Nc3ccc4ncccc4c32)ccc1OC(=O)c1ccccc1Cl. The van der Waals surface area contributed by atoms with Gasteiger partial charge in [0, 0.05) is 40.9 Å². The summed E-state index contributed by atoms with van der Waals surface area (Å²) in [6.07, 6.45) is 3.00. The number of hydrogen-bond donors (Lipinski definition) is 1. The number of carbonyl (C=O) groups is 2. The Kier molecular flexibility index (Phi) is 6.15. The number of fused-ring (bicyclic) bond motifs is 3. The number of halogens is 1. The summed E-state index contributed by atoms with van der Waals surface area (Å²) in [6.45, 7) is 4.24. The second-order valence-electron chi connectivity index (χ2n) is 10.8. The van der Waals surface area contributed by atoms with Crippen LogP contribution in [0, 0.1) is 5.41 Å². The molecule has 0 saturated heterocycles. The van der Waals surface area contributed by atoms with Crippen LogP contribution in [-0.4, -0.2) is 23.8 Å². The van der Waals surface area contributed by atoms with E-state index in [0.717, 1.165) is 45.4 Å². The number of esters is 1. The molecule has 2 heterocycles. The first-order valence-electron chi connectivity index (χ1n) is 12.8. The normalized spacial score (nSPS) is 17.7. The van der Waals surface area contributed by atoms with Crippen molar-refractivity contribution in [2.75, 3.05) is 12.4 Å². The highest BCUT2D eigenvalue weighted by atomic mass is 35.5. The smallest absolute Gasteiger partial charge is 0.345 e. The zero-order valence-corrected chi connectivity index (χ0v) is 22.6. The van der Waals surface area contributed by atoms with Gasteiger partial charge in [0.25, 0.3) is 0 Å². The molecule has 1 atom stereocenters. The van der Waals surface area contributed by atoms with Crippen molar-refractivity contribution >= 4 is 39.9 Å². The van der Waals surface area contributed by atoms with Gasteiger partial charge in [-0.3, -0.25) is 9.78 Å². The molecular formula is C32H27ClN2O4. The van der Waals surface area contributed by atoms with Crippen LogP contribution in [0.1, 0.15) is 54.1 Å². The molecule has 7 heteroatoms. The summed E-state index contributed by atoms with van der Waals surface area (Å²) in [4.78, 5) is 31.1. The van der Waals surface area contributed by atoms with Crippen LogP contribution < -0.4 is 14.8 Å². The van der Waals surface area contributed by atoms with Crippen LogP contribution in [0.3, 0.4) is 0 Å². The zero-order valence-electron chi connectivity index (χ0n) is 21.9. The fourth-order valence-corrected chi connectivity index (χ4v) is 5.96. The third kappa shape index (κ3) is 4.45. The predicted molar refractivity (Wildman–Crippen MR) is 152 cm³/mol. The summed E-state index contributed by atoms with van der Waals surface area (Å²) in [5.74, 6) is -0.138. The van der Waals surface area contributed by atoms with Gasteiger partial charge in [0.05, 0.1) is 23.2 Å². The number of pyridine rings is 1. The van der Waals surface area contributed by atoms with Crippen LogP contribution in [-0.2, 0) is 4.79 Å². The van der Waals surface area contributed by atoms with Gasteiger partial charge in [-0.2, -0.15) is 0 Å². The summed E-state index contributed by atoms with van der Waals surface area (Å²) >= 11 is 6.20. The minimum atomic E-state index is -0.578. The molecule has 6 rings (SSSR count). The molecule has 0 fully saturated rings. The zero-order chi connectivity index (χ0) is 27.3. The quantitative estimate of drug-likeness (QED) is 0.217. The van der Waals surface area contributed by atoms with Gasteiger partial charge in [-0.25, -0.2) is 4.79 Å². The van der Waals surface area contributed by atoms with Gasteiger partial charge < -0.3 is 14.8 Å². The molecule has 0 amide bonds. The number of nitrogens with zero attached hydrogens (tertiary/aromatic N) is 1. The lowest BCUT2D eigenvalue weighted by atomic mass is 9.68. The highest BCUT2D eigenvalue weighted by molar-refractivity contribution is 6.33. The molecule has 1 aliphatic carbocycles. The molecule has 4 aromatic rings. The number of ether oxygens (including phenoxy) is 2. The van der Waals surface area contributed by atoms with E-state index >= 15 is 0 Å². The largest absolute Gasteiger partial charge is 0.493 e. The minimum absolute atomic E-state index is 0.124. The molecule has 3 aromatic carbocycles. The van der Waals surface area contributed by atoms with E-state index in [0.29, 0.717) is 17.2 Å². The Labute approximate surface area is 231 Å². The highest BCUT2D eigenvalue weighted by Crippen LogP contribution is 2.51. The number of anilines is 1. The van der Waals surface area contributed by atoms with E-state index in [9.17, 15) is 9.59 Å². The monoisotopic (exact) mass is 538 g/mol. The number of hydrogen-bond acceptors (Lipinski definition) is 6. The molecule has 39 heavy (non-hydrogen) atoms. The Hall–Kier alpha value is -4.16. The number of Topliss-reactive ketones (excluding diaryl/α,β-unsaturated/α-hetero) is 1. The molecule has 2 aliphatic rings. The molecule has 0 saturated carbocycles. The van der Waals surface area contributed by atoms with Crippen molar-refractivity contribution in [2.45, 2.75) is 32.6 Å². The topological polar surface area (TPSA) is 77.5 Å². The molecule has 0 spiro atoms. The van der Waals surface area contributed by atoms with Gasteiger partial charge in [0.2, 0.25) is 0 Å². The van der Waals surface area contributed by atoms with Gasteiger partial charge in [-0.05, 0) is 65.4 Å². The van der Waals surface area contributed by atoms with Crippen LogP contribution in [0.2, 0.25) is 5.02 Å². The maximum Gasteiger partial charge on any atom is 0.345 e. The number of allylic oxidation sites excluding steroid dienone is 2. The van der Waals surface area contributed by atoms with E-state index in [4.69, 9.17) is 21.1 Å². The molecule has 0 bridgehead atoms. The molecule has 0 radical (unpaired) electrons. The van der Waals surface area contributed by atoms with Crippen LogP contribution in [0.25, 0.3) is 10.9 Å². The lowest BCUT2D eigenvalue weighted by molar-refractivity contribution is -0.118. The van der Waals surface area contributed by atoms with Crippen molar-refractivity contribution in [1.82, 2.24) is 4.98 Å². The number of aromatic nitrogens is 1. The Balaban J connectivity index is 1.49. The summed E-state index contributed by atoms with van der Waals surface area (Å²) in [5, 5.41) is 4.87. The fraction of sp³-hybridized carbons (Fsp3) is 0.219. The van der Waals surface area contributed by atoms with Crippen molar-refractivity contribution in [3.8, 4) is 11.5 Å². The highest BCUT2D eigenvalue weighted by Gasteiger charge is 2.41. The summed E-state index contributed by atoms with van der Waals surface area (Å²) in [7, 11) is 1.53. The Morgan fingerprint density at radius 3 is 2.64 bits per heavy atom. The first-order chi connectivity index (χ1) is 18.8. The second kappa shape index (κ2) is 9.54. The maximum atomic E-state index is 13.7. The van der Waals surface area contributed by atoms with Gasteiger partial charge in [0.1, 0.15) is 0 Å². The first kappa shape index (κ1) is 25.1. The predicted octanol–water partition coefficient (Wildman–Crippen LogP) is 7.32. The van der Waals surface area contributed by atoms with Gasteiger partial charge in [-0.15, -0.1) is 0 Å². The minimum Gasteiger partial charge on any atom is -0.493 e. The van der Waals surface area contributed by atoms with Crippen LogP contribution in [0.15, 0.2) is 84.2 Å². The molecule has 196 valence electrons. The third-order valence-electron chi connectivity index (χ3n) is 7.43.